The zero-order valence-electron chi connectivity index (χ0n) is 21.1. The van der Waals surface area contributed by atoms with Crippen molar-refractivity contribution in [2.24, 2.45) is 0 Å². The first kappa shape index (κ1) is 29.4. The van der Waals surface area contributed by atoms with Crippen molar-refractivity contribution in [3.8, 4) is 22.9 Å². The summed E-state index contributed by atoms with van der Waals surface area (Å²) in [6.07, 6.45) is -0.243. The topological polar surface area (TPSA) is 112 Å². The van der Waals surface area contributed by atoms with E-state index in [1.165, 1.54) is 43.8 Å². The number of halogens is 5. The summed E-state index contributed by atoms with van der Waals surface area (Å²) in [7, 11) is 1.38. The van der Waals surface area contributed by atoms with Crippen molar-refractivity contribution < 1.29 is 37.0 Å². The number of carbonyl (C=O) groups is 2. The molecule has 1 aliphatic heterocycles. The van der Waals surface area contributed by atoms with Crippen LogP contribution in [0.5, 0.6) is 11.8 Å². The lowest BCUT2D eigenvalue weighted by Crippen LogP contribution is -2.70. The Hall–Kier alpha value is -3.61. The van der Waals surface area contributed by atoms with Crippen molar-refractivity contribution in [2.45, 2.75) is 24.9 Å². The molecule has 40 heavy (non-hydrogen) atoms. The van der Waals surface area contributed by atoms with Gasteiger partial charge in [-0.25, -0.2) is 23.1 Å². The molecule has 2 aromatic carbocycles. The molecule has 1 atom stereocenters. The van der Waals surface area contributed by atoms with E-state index in [2.05, 4.69) is 20.6 Å². The molecule has 0 spiro atoms. The Morgan fingerprint density at radius 1 is 1.15 bits per heavy atom. The van der Waals surface area contributed by atoms with Crippen LogP contribution >= 0.6 is 23.2 Å². The molecular weight excluding hydrogens is 576 g/mol. The molecule has 0 bridgehead atoms. The Bertz CT molecular complexity index is 1410. The molecular formula is C26H23Cl2F3N4O5. The quantitative estimate of drug-likeness (QED) is 0.350. The molecule has 14 heteroatoms. The minimum absolute atomic E-state index is 0.00969. The average Bonchev–Trinajstić information content (AvgIpc) is 2.89. The summed E-state index contributed by atoms with van der Waals surface area (Å²) in [6, 6.07) is 6.11. The number of aromatic nitrogens is 2. The first-order valence-corrected chi connectivity index (χ1v) is 12.6. The lowest BCUT2D eigenvalue weighted by Gasteiger charge is -2.40. The number of alkyl halides is 2. The number of nitrogens with one attached hydrogen (secondary N) is 2. The Labute approximate surface area is 236 Å². The van der Waals surface area contributed by atoms with Crippen LogP contribution in [-0.4, -0.2) is 60.7 Å². The summed E-state index contributed by atoms with van der Waals surface area (Å²) in [5.74, 6) is -1.94. The first-order valence-electron chi connectivity index (χ1n) is 11.8. The largest absolute Gasteiger partial charge is 0.485 e. The van der Waals surface area contributed by atoms with Crippen LogP contribution < -0.4 is 20.1 Å². The highest BCUT2D eigenvalue weighted by Crippen LogP contribution is 2.40. The maximum atomic E-state index is 15.3. The molecule has 1 fully saturated rings. The van der Waals surface area contributed by atoms with E-state index in [0.29, 0.717) is 0 Å². The molecule has 2 heterocycles. The van der Waals surface area contributed by atoms with Gasteiger partial charge in [-0.2, -0.15) is 0 Å². The van der Waals surface area contributed by atoms with Gasteiger partial charge in [-0.15, -0.1) is 0 Å². The third kappa shape index (κ3) is 6.40. The van der Waals surface area contributed by atoms with Crippen LogP contribution in [0.4, 0.5) is 13.2 Å². The summed E-state index contributed by atoms with van der Waals surface area (Å²) in [5.41, 5.74) is -0.656. The van der Waals surface area contributed by atoms with Crippen LogP contribution in [0, 0.1) is 5.82 Å². The van der Waals surface area contributed by atoms with Crippen LogP contribution in [-0.2, 0) is 9.53 Å². The molecule has 4 rings (SSSR count). The van der Waals surface area contributed by atoms with Gasteiger partial charge in [-0.05, 0) is 30.7 Å². The van der Waals surface area contributed by atoms with Gasteiger partial charge in [0.2, 0.25) is 0 Å². The second kappa shape index (κ2) is 12.3. The second-order valence-electron chi connectivity index (χ2n) is 8.89. The highest BCUT2D eigenvalue weighted by Gasteiger charge is 2.48. The van der Waals surface area contributed by atoms with Gasteiger partial charge >= 0.3 is 6.01 Å². The number of amides is 2. The van der Waals surface area contributed by atoms with Crippen molar-refractivity contribution in [3.05, 3.63) is 69.7 Å². The lowest BCUT2D eigenvalue weighted by molar-refractivity contribution is -0.147. The van der Waals surface area contributed by atoms with E-state index in [1.54, 1.807) is 6.92 Å². The highest BCUT2D eigenvalue weighted by molar-refractivity contribution is 6.36. The summed E-state index contributed by atoms with van der Waals surface area (Å²) in [4.78, 5) is 33.6. The van der Waals surface area contributed by atoms with E-state index >= 15 is 4.39 Å². The number of ether oxygens (including phenoxy) is 3. The molecule has 1 aliphatic rings. The Kier molecular flexibility index (Phi) is 9.02. The van der Waals surface area contributed by atoms with Crippen LogP contribution in [0.25, 0.3) is 11.1 Å². The third-order valence-electron chi connectivity index (χ3n) is 6.04. The van der Waals surface area contributed by atoms with Crippen molar-refractivity contribution >= 4 is 35.0 Å². The SMILES string of the molecule is COc1ncc(C(=O)NC2(C(=O)NC(C)c3ccc(-c4cc(Cl)cc(Cl)c4OCC(F)F)cc3F)COC2)cn1. The summed E-state index contributed by atoms with van der Waals surface area (Å²) in [5, 5.41) is 5.53. The summed E-state index contributed by atoms with van der Waals surface area (Å²) in [6.45, 7) is 0.473. The lowest BCUT2D eigenvalue weighted by atomic mass is 9.94. The van der Waals surface area contributed by atoms with E-state index < -0.39 is 42.2 Å². The van der Waals surface area contributed by atoms with E-state index in [9.17, 15) is 18.4 Å². The molecule has 9 nitrogen and oxygen atoms in total. The zero-order chi connectivity index (χ0) is 29.0. The Morgan fingerprint density at radius 3 is 2.42 bits per heavy atom. The number of rotatable bonds is 10. The van der Waals surface area contributed by atoms with Crippen LogP contribution in [0.1, 0.15) is 28.9 Å². The molecule has 0 aliphatic carbocycles. The highest BCUT2D eigenvalue weighted by atomic mass is 35.5. The molecule has 1 saturated heterocycles. The van der Waals surface area contributed by atoms with E-state index in [0.717, 1.165) is 6.07 Å². The third-order valence-corrected chi connectivity index (χ3v) is 6.54. The predicted octanol–water partition coefficient (Wildman–Crippen LogP) is 4.62. The summed E-state index contributed by atoms with van der Waals surface area (Å²) < 4.78 is 56.0. The van der Waals surface area contributed by atoms with E-state index in [1.807, 2.05) is 0 Å². The smallest absolute Gasteiger partial charge is 0.316 e. The van der Waals surface area contributed by atoms with Crippen molar-refractivity contribution in [1.82, 2.24) is 20.6 Å². The molecule has 2 amide bonds. The number of carbonyl (C=O) groups excluding carboxylic acids is 2. The molecule has 0 radical (unpaired) electrons. The van der Waals surface area contributed by atoms with Gasteiger partial charge in [0.25, 0.3) is 18.2 Å². The van der Waals surface area contributed by atoms with Gasteiger partial charge in [-0.1, -0.05) is 35.3 Å². The number of nitrogens with zero attached hydrogens (tertiary/aromatic N) is 2. The van der Waals surface area contributed by atoms with Crippen LogP contribution in [0.3, 0.4) is 0 Å². The monoisotopic (exact) mass is 598 g/mol. The molecule has 0 saturated carbocycles. The van der Waals surface area contributed by atoms with Gasteiger partial charge in [0.1, 0.15) is 18.2 Å². The molecule has 1 unspecified atom stereocenters. The van der Waals surface area contributed by atoms with E-state index in [-0.39, 0.29) is 57.3 Å². The van der Waals surface area contributed by atoms with Gasteiger partial charge < -0.3 is 24.8 Å². The number of methoxy groups -OCH3 is 1. The Balaban J connectivity index is 1.50. The van der Waals surface area contributed by atoms with Crippen LogP contribution in [0.2, 0.25) is 10.0 Å². The molecule has 1 aromatic heterocycles. The first-order chi connectivity index (χ1) is 19.0. The fraction of sp³-hybridized carbons (Fsp3) is 0.308. The fourth-order valence-corrected chi connectivity index (χ4v) is 4.47. The summed E-state index contributed by atoms with van der Waals surface area (Å²) >= 11 is 12.2. The van der Waals surface area contributed by atoms with Crippen molar-refractivity contribution in [1.29, 1.82) is 0 Å². The standard InChI is InChI=1S/C26H23Cl2F3N4O5/c1-13(34-24(37)26(11-39-12-26)35-23(36)15-8-32-25(38-2)33-9-15)17-4-3-14(5-20(17)29)18-6-16(27)7-19(28)22(18)40-10-21(30)31/h3-9,13,21H,10-12H2,1-2H3,(H,34,37)(H,35,36). The van der Waals surface area contributed by atoms with Crippen molar-refractivity contribution in [3.63, 3.8) is 0 Å². The Morgan fingerprint density at radius 2 is 1.85 bits per heavy atom. The minimum Gasteiger partial charge on any atom is -0.485 e. The normalized spacial score (nSPS) is 14.7. The van der Waals surface area contributed by atoms with Gasteiger partial charge in [0.15, 0.2) is 5.54 Å². The van der Waals surface area contributed by atoms with Gasteiger partial charge in [-0.3, -0.25) is 9.59 Å². The van der Waals surface area contributed by atoms with Gasteiger partial charge in [0, 0.05) is 28.5 Å². The number of hydrogen-bond acceptors (Lipinski definition) is 7. The second-order valence-corrected chi connectivity index (χ2v) is 9.73. The predicted molar refractivity (Wildman–Crippen MR) is 140 cm³/mol. The minimum atomic E-state index is -2.75. The van der Waals surface area contributed by atoms with Crippen molar-refractivity contribution in [2.75, 3.05) is 26.9 Å². The van der Waals surface area contributed by atoms with Crippen LogP contribution in [0.15, 0.2) is 42.7 Å². The zero-order valence-corrected chi connectivity index (χ0v) is 22.7. The van der Waals surface area contributed by atoms with Gasteiger partial charge in [0.05, 0.1) is 37.0 Å². The molecule has 2 N–H and O–H groups in total. The fourth-order valence-electron chi connectivity index (χ4n) is 3.92. The average molecular weight is 599 g/mol. The maximum Gasteiger partial charge on any atom is 0.316 e. The molecule has 3 aromatic rings. The number of hydrogen-bond donors (Lipinski definition) is 2. The maximum absolute atomic E-state index is 15.3. The number of benzene rings is 2. The van der Waals surface area contributed by atoms with E-state index in [4.69, 9.17) is 37.4 Å². The molecule has 212 valence electrons.